The van der Waals surface area contributed by atoms with Crippen molar-refractivity contribution >= 4 is 57.9 Å². The van der Waals surface area contributed by atoms with Gasteiger partial charge in [0.1, 0.15) is 11.5 Å². The van der Waals surface area contributed by atoms with Gasteiger partial charge >= 0.3 is 6.18 Å². The lowest BCUT2D eigenvalue weighted by Crippen LogP contribution is -2.31. The number of aliphatic hydroxyl groups excluding tert-OH is 1. The van der Waals surface area contributed by atoms with Crippen LogP contribution in [0, 0.1) is 0 Å². The molecule has 1 aliphatic heterocycles. The van der Waals surface area contributed by atoms with Gasteiger partial charge in [-0.3, -0.25) is 4.79 Å². The second kappa shape index (κ2) is 9.43. The lowest BCUT2D eigenvalue weighted by molar-refractivity contribution is -0.137. The molecule has 0 fully saturated rings. The zero-order chi connectivity index (χ0) is 24.7. The zero-order valence-corrected chi connectivity index (χ0v) is 20.1. The lowest BCUT2D eigenvalue weighted by Gasteiger charge is -2.22. The van der Waals surface area contributed by atoms with Gasteiger partial charge in [0.25, 0.3) is 0 Å². The Bertz CT molecular complexity index is 1220. The maximum Gasteiger partial charge on any atom is 0.416 e. The summed E-state index contributed by atoms with van der Waals surface area (Å²) in [5, 5.41) is 22.5. The van der Waals surface area contributed by atoms with E-state index >= 15 is 0 Å². The highest BCUT2D eigenvalue weighted by atomic mass is 35.6. The number of aliphatic hydroxyl groups is 1. The van der Waals surface area contributed by atoms with Gasteiger partial charge in [-0.2, -0.15) is 18.3 Å². The third kappa shape index (κ3) is 5.36. The molecular formula is C21H16Cl3F3N4O2S. The van der Waals surface area contributed by atoms with Gasteiger partial charge in [0.2, 0.25) is 9.70 Å². The van der Waals surface area contributed by atoms with Crippen LogP contribution in [0.3, 0.4) is 0 Å². The number of rotatable bonds is 5. The first-order valence-corrected chi connectivity index (χ1v) is 11.8. The molecule has 0 spiro atoms. The summed E-state index contributed by atoms with van der Waals surface area (Å²) in [4.78, 5) is 13.1. The molecule has 1 aliphatic rings. The second-order valence-corrected chi connectivity index (χ2v) is 10.6. The predicted molar refractivity (Wildman–Crippen MR) is 126 cm³/mol. The van der Waals surface area contributed by atoms with Gasteiger partial charge in [-0.25, -0.2) is 4.68 Å². The molecule has 1 unspecified atom stereocenters. The topological polar surface area (TPSA) is 79.2 Å². The van der Waals surface area contributed by atoms with Crippen molar-refractivity contribution in [2.75, 3.05) is 11.9 Å². The van der Waals surface area contributed by atoms with E-state index in [1.165, 1.54) is 34.2 Å². The van der Waals surface area contributed by atoms with Crippen LogP contribution in [0.25, 0.3) is 10.4 Å². The third-order valence-corrected chi connectivity index (χ3v) is 6.37. The lowest BCUT2D eigenvalue weighted by atomic mass is 10.1. The van der Waals surface area contributed by atoms with Gasteiger partial charge in [0, 0.05) is 10.6 Å². The van der Waals surface area contributed by atoms with Gasteiger partial charge in [-0.05, 0) is 35.2 Å². The molecule has 2 aromatic heterocycles. The average molecular weight is 552 g/mol. The summed E-state index contributed by atoms with van der Waals surface area (Å²) < 4.78 is 37.5. The Labute approximate surface area is 210 Å². The number of halogens is 6. The first-order chi connectivity index (χ1) is 15.9. The molecule has 6 nitrogen and oxygen atoms in total. The summed E-state index contributed by atoms with van der Waals surface area (Å²) in [5.74, 6) is -0.0118. The summed E-state index contributed by atoms with van der Waals surface area (Å²) in [6.45, 7) is 0.0225. The number of fused-ring (bicyclic) bond motifs is 1. The standard InChI is InChI=1S/C21H16Cl3F3N4O2S/c22-20(23,24)18-17(14-2-1-7-34-14)19-29-13(9-16(33)31(19)30-18)10-28-15(32)8-11-3-5-12(6-4-11)21(25,26)27/h1-7,9,16,29,33H,8,10H2,(H,28,32). The monoisotopic (exact) mass is 550 g/mol. The van der Waals surface area contributed by atoms with E-state index < -0.39 is 27.7 Å². The largest absolute Gasteiger partial charge is 0.416 e. The van der Waals surface area contributed by atoms with Crippen LogP contribution >= 0.6 is 46.1 Å². The van der Waals surface area contributed by atoms with Crippen LogP contribution in [0.15, 0.2) is 53.6 Å². The molecule has 3 aromatic rings. The second-order valence-electron chi connectivity index (χ2n) is 7.37. The minimum absolute atomic E-state index is 0.0225. The minimum Gasteiger partial charge on any atom is -0.368 e. The van der Waals surface area contributed by atoms with Crippen LogP contribution in [0.1, 0.15) is 23.0 Å². The summed E-state index contributed by atoms with van der Waals surface area (Å²) in [5.41, 5.74) is 0.767. The normalized spacial score (nSPS) is 16.0. The fourth-order valence-electron chi connectivity index (χ4n) is 3.40. The molecule has 3 N–H and O–H groups in total. The van der Waals surface area contributed by atoms with E-state index in [2.05, 4.69) is 15.7 Å². The number of carbonyl (C=O) groups is 1. The van der Waals surface area contributed by atoms with Gasteiger partial charge in [0.05, 0.1) is 24.1 Å². The average Bonchev–Trinajstić information content (AvgIpc) is 3.39. The number of hydrogen-bond donors (Lipinski definition) is 3. The van der Waals surface area contributed by atoms with E-state index in [1.807, 2.05) is 17.5 Å². The van der Waals surface area contributed by atoms with E-state index in [-0.39, 0.29) is 18.7 Å². The van der Waals surface area contributed by atoms with E-state index in [0.717, 1.165) is 17.0 Å². The molecule has 180 valence electrons. The van der Waals surface area contributed by atoms with Gasteiger partial charge < -0.3 is 15.7 Å². The van der Waals surface area contributed by atoms with Crippen molar-refractivity contribution in [2.45, 2.75) is 22.6 Å². The maximum absolute atomic E-state index is 12.7. The van der Waals surface area contributed by atoms with Crippen LogP contribution in [0.5, 0.6) is 0 Å². The molecule has 0 saturated carbocycles. The number of benzene rings is 1. The highest BCUT2D eigenvalue weighted by Crippen LogP contribution is 2.48. The Morgan fingerprint density at radius 2 is 1.91 bits per heavy atom. The molecule has 1 amide bonds. The first kappa shape index (κ1) is 24.9. The molecule has 0 radical (unpaired) electrons. The number of anilines is 1. The van der Waals surface area contributed by atoms with Crippen molar-refractivity contribution in [3.8, 4) is 10.4 Å². The Hall–Kier alpha value is -2.24. The van der Waals surface area contributed by atoms with Crippen LogP contribution in [0.4, 0.5) is 19.0 Å². The number of aromatic nitrogens is 2. The number of amides is 1. The number of nitrogens with one attached hydrogen (secondary N) is 2. The number of hydrogen-bond acceptors (Lipinski definition) is 5. The molecule has 34 heavy (non-hydrogen) atoms. The van der Waals surface area contributed by atoms with Gasteiger partial charge in [0.15, 0.2) is 6.23 Å². The third-order valence-electron chi connectivity index (χ3n) is 4.95. The summed E-state index contributed by atoms with van der Waals surface area (Å²) in [7, 11) is 0. The SMILES string of the molecule is O=C(Cc1ccc(C(F)(F)F)cc1)NCC1=CC(O)n2nc(C(Cl)(Cl)Cl)c(-c3cccs3)c2N1. The van der Waals surface area contributed by atoms with Crippen molar-refractivity contribution < 1.29 is 23.1 Å². The van der Waals surface area contributed by atoms with Crippen LogP contribution < -0.4 is 10.6 Å². The molecular weight excluding hydrogens is 536 g/mol. The quantitative estimate of drug-likeness (QED) is 0.360. The van der Waals surface area contributed by atoms with Crippen LogP contribution in [-0.4, -0.2) is 27.3 Å². The smallest absolute Gasteiger partial charge is 0.368 e. The molecule has 4 rings (SSSR count). The molecule has 0 saturated heterocycles. The van der Waals surface area contributed by atoms with Gasteiger partial charge in [-0.1, -0.05) is 53.0 Å². The number of nitrogens with zero attached hydrogens (tertiary/aromatic N) is 2. The van der Waals surface area contributed by atoms with E-state index in [1.54, 1.807) is 0 Å². The molecule has 13 heteroatoms. The zero-order valence-electron chi connectivity index (χ0n) is 17.0. The van der Waals surface area contributed by atoms with Crippen LogP contribution in [-0.2, 0) is 21.2 Å². The van der Waals surface area contributed by atoms with Crippen molar-refractivity contribution in [3.63, 3.8) is 0 Å². The Morgan fingerprint density at radius 3 is 2.50 bits per heavy atom. The Balaban J connectivity index is 1.47. The summed E-state index contributed by atoms with van der Waals surface area (Å²) in [6, 6.07) is 8.02. The van der Waals surface area contributed by atoms with E-state index in [4.69, 9.17) is 34.8 Å². The number of carbonyl (C=O) groups excluding carboxylic acids is 1. The first-order valence-electron chi connectivity index (χ1n) is 9.75. The van der Waals surface area contributed by atoms with Crippen molar-refractivity contribution in [3.05, 3.63) is 70.4 Å². The Kier molecular flexibility index (Phi) is 6.90. The summed E-state index contributed by atoms with van der Waals surface area (Å²) >= 11 is 19.7. The van der Waals surface area contributed by atoms with Crippen molar-refractivity contribution in [1.82, 2.24) is 15.1 Å². The highest BCUT2D eigenvalue weighted by molar-refractivity contribution is 7.13. The highest BCUT2D eigenvalue weighted by Gasteiger charge is 2.36. The predicted octanol–water partition coefficient (Wildman–Crippen LogP) is 5.62. The molecule has 3 heterocycles. The minimum atomic E-state index is -4.44. The molecule has 0 bridgehead atoms. The molecule has 1 aromatic carbocycles. The van der Waals surface area contributed by atoms with E-state index in [9.17, 15) is 23.1 Å². The number of alkyl halides is 6. The maximum atomic E-state index is 12.7. The van der Waals surface area contributed by atoms with Crippen molar-refractivity contribution in [1.29, 1.82) is 0 Å². The van der Waals surface area contributed by atoms with Crippen molar-refractivity contribution in [2.24, 2.45) is 0 Å². The summed E-state index contributed by atoms with van der Waals surface area (Å²) in [6.07, 6.45) is -4.29. The van der Waals surface area contributed by atoms with Gasteiger partial charge in [-0.15, -0.1) is 11.3 Å². The molecule has 0 aliphatic carbocycles. The Morgan fingerprint density at radius 1 is 1.21 bits per heavy atom. The fourth-order valence-corrected chi connectivity index (χ4v) is 4.57. The fraction of sp³-hybridized carbons (Fsp3) is 0.238. The number of thiophene rings is 1. The van der Waals surface area contributed by atoms with Crippen LogP contribution in [0.2, 0.25) is 0 Å². The van der Waals surface area contributed by atoms with E-state index in [0.29, 0.717) is 22.6 Å². The molecule has 1 atom stereocenters.